The largest absolute Gasteiger partial charge is 0.492 e. The number of thiocarbonyl (C=S) groups is 1. The predicted octanol–water partition coefficient (Wildman–Crippen LogP) is 3.21. The highest BCUT2D eigenvalue weighted by molar-refractivity contribution is 7.80. The SMILES string of the molecule is O=C(NCCOc1ccc(C(=S)NO)cc1)c1ccc(-c2ccccn2)cc1. The second-order valence-corrected chi connectivity index (χ2v) is 6.27. The topological polar surface area (TPSA) is 83.5 Å². The standard InChI is InChI=1S/C21H19N3O3S/c25-20(16-6-4-15(5-7-16)19-3-1-2-12-22-19)23-13-14-27-18-10-8-17(9-11-18)21(28)24-26/h1-12,26H,13-14H2,(H,23,25)(H,24,28). The molecule has 3 rings (SSSR count). The van der Waals surface area contributed by atoms with Crippen molar-refractivity contribution < 1.29 is 14.7 Å². The maximum atomic E-state index is 12.2. The van der Waals surface area contributed by atoms with Crippen LogP contribution in [-0.4, -0.2) is 34.2 Å². The summed E-state index contributed by atoms with van der Waals surface area (Å²) in [5.74, 6) is 0.490. The van der Waals surface area contributed by atoms with Crippen LogP contribution in [0.5, 0.6) is 5.75 Å². The van der Waals surface area contributed by atoms with Crippen LogP contribution in [0.2, 0.25) is 0 Å². The Morgan fingerprint density at radius 1 is 1.00 bits per heavy atom. The van der Waals surface area contributed by atoms with Crippen LogP contribution in [0.15, 0.2) is 72.9 Å². The zero-order chi connectivity index (χ0) is 19.8. The van der Waals surface area contributed by atoms with Gasteiger partial charge in [0.1, 0.15) is 17.3 Å². The Kier molecular flexibility index (Phi) is 6.67. The number of pyridine rings is 1. The van der Waals surface area contributed by atoms with Crippen molar-refractivity contribution in [3.63, 3.8) is 0 Å². The van der Waals surface area contributed by atoms with E-state index in [1.807, 2.05) is 35.8 Å². The van der Waals surface area contributed by atoms with Crippen LogP contribution in [0, 0.1) is 0 Å². The monoisotopic (exact) mass is 393 g/mol. The molecule has 0 fully saturated rings. The summed E-state index contributed by atoms with van der Waals surface area (Å²) in [4.78, 5) is 16.8. The van der Waals surface area contributed by atoms with Gasteiger partial charge in [-0.2, -0.15) is 0 Å². The molecule has 3 aromatic rings. The molecule has 1 aromatic heterocycles. The first kappa shape index (κ1) is 19.5. The molecule has 0 bridgehead atoms. The van der Waals surface area contributed by atoms with Crippen molar-refractivity contribution in [2.24, 2.45) is 0 Å². The second-order valence-electron chi connectivity index (χ2n) is 5.86. The molecule has 0 radical (unpaired) electrons. The Morgan fingerprint density at radius 3 is 2.36 bits per heavy atom. The van der Waals surface area contributed by atoms with Crippen LogP contribution in [0.3, 0.4) is 0 Å². The van der Waals surface area contributed by atoms with E-state index < -0.39 is 0 Å². The van der Waals surface area contributed by atoms with Gasteiger partial charge in [-0.05, 0) is 48.5 Å². The zero-order valence-electron chi connectivity index (χ0n) is 15.0. The Bertz CT molecular complexity index is 929. The van der Waals surface area contributed by atoms with E-state index in [1.54, 1.807) is 42.6 Å². The van der Waals surface area contributed by atoms with Crippen molar-refractivity contribution in [3.05, 3.63) is 84.1 Å². The second kappa shape index (κ2) is 9.59. The van der Waals surface area contributed by atoms with Gasteiger partial charge in [0.2, 0.25) is 0 Å². The number of amides is 1. The fourth-order valence-corrected chi connectivity index (χ4v) is 2.66. The van der Waals surface area contributed by atoms with Gasteiger partial charge in [-0.15, -0.1) is 0 Å². The average Bonchev–Trinajstić information content (AvgIpc) is 2.77. The Hall–Kier alpha value is -3.29. The third-order valence-electron chi connectivity index (χ3n) is 3.98. The van der Waals surface area contributed by atoms with E-state index in [0.717, 1.165) is 11.3 Å². The minimum absolute atomic E-state index is 0.161. The number of carbonyl (C=O) groups is 1. The summed E-state index contributed by atoms with van der Waals surface area (Å²) in [6.07, 6.45) is 1.74. The smallest absolute Gasteiger partial charge is 0.251 e. The average molecular weight is 393 g/mol. The van der Waals surface area contributed by atoms with Crippen molar-refractivity contribution >= 4 is 23.1 Å². The number of hydrogen-bond acceptors (Lipinski definition) is 5. The molecule has 0 aliphatic heterocycles. The molecule has 0 unspecified atom stereocenters. The molecule has 1 heterocycles. The van der Waals surface area contributed by atoms with E-state index in [-0.39, 0.29) is 10.9 Å². The lowest BCUT2D eigenvalue weighted by Crippen LogP contribution is -2.28. The molecule has 6 nitrogen and oxygen atoms in total. The molecule has 142 valence electrons. The number of carbonyl (C=O) groups excluding carboxylic acids is 1. The highest BCUT2D eigenvalue weighted by Crippen LogP contribution is 2.17. The lowest BCUT2D eigenvalue weighted by atomic mass is 10.1. The van der Waals surface area contributed by atoms with Crippen molar-refractivity contribution in [3.8, 4) is 17.0 Å². The van der Waals surface area contributed by atoms with Gasteiger partial charge < -0.3 is 10.1 Å². The van der Waals surface area contributed by atoms with Crippen LogP contribution < -0.4 is 15.5 Å². The van der Waals surface area contributed by atoms with Gasteiger partial charge in [0.05, 0.1) is 12.2 Å². The molecule has 0 atom stereocenters. The van der Waals surface area contributed by atoms with Crippen molar-refractivity contribution in [1.82, 2.24) is 15.8 Å². The number of nitrogens with one attached hydrogen (secondary N) is 2. The molecule has 0 spiro atoms. The Labute approximate surface area is 168 Å². The lowest BCUT2D eigenvalue weighted by molar-refractivity contribution is 0.0947. The molecular weight excluding hydrogens is 374 g/mol. The first-order chi connectivity index (χ1) is 13.7. The van der Waals surface area contributed by atoms with Crippen LogP contribution in [0.4, 0.5) is 0 Å². The molecule has 3 N–H and O–H groups in total. The number of hydrogen-bond donors (Lipinski definition) is 3. The summed E-state index contributed by atoms with van der Waals surface area (Å²) in [5.41, 5.74) is 5.02. The van der Waals surface area contributed by atoms with E-state index in [9.17, 15) is 4.79 Å². The van der Waals surface area contributed by atoms with Gasteiger partial charge in [-0.1, -0.05) is 30.4 Å². The number of rotatable bonds is 7. The quantitative estimate of drug-likeness (QED) is 0.325. The summed E-state index contributed by atoms with van der Waals surface area (Å²) >= 11 is 4.93. The Morgan fingerprint density at radius 2 is 1.71 bits per heavy atom. The van der Waals surface area contributed by atoms with Gasteiger partial charge >= 0.3 is 0 Å². The minimum atomic E-state index is -0.161. The highest BCUT2D eigenvalue weighted by atomic mass is 32.1. The number of benzene rings is 2. The summed E-state index contributed by atoms with van der Waals surface area (Å²) in [6, 6.07) is 20.0. The fourth-order valence-electron chi connectivity index (χ4n) is 2.53. The van der Waals surface area contributed by atoms with Crippen molar-refractivity contribution in [2.75, 3.05) is 13.2 Å². The molecule has 2 aromatic carbocycles. The van der Waals surface area contributed by atoms with Crippen LogP contribution in [0.1, 0.15) is 15.9 Å². The summed E-state index contributed by atoms with van der Waals surface area (Å²) in [5, 5.41) is 11.6. The minimum Gasteiger partial charge on any atom is -0.492 e. The van der Waals surface area contributed by atoms with Crippen molar-refractivity contribution in [1.29, 1.82) is 0 Å². The molecule has 28 heavy (non-hydrogen) atoms. The van der Waals surface area contributed by atoms with E-state index in [0.29, 0.717) is 30.0 Å². The number of aromatic nitrogens is 1. The third kappa shape index (κ3) is 5.12. The number of hydroxylamine groups is 1. The van der Waals surface area contributed by atoms with Crippen molar-refractivity contribution in [2.45, 2.75) is 0 Å². The van der Waals surface area contributed by atoms with Crippen LogP contribution >= 0.6 is 12.2 Å². The molecule has 7 heteroatoms. The van der Waals surface area contributed by atoms with Crippen LogP contribution in [0.25, 0.3) is 11.3 Å². The first-order valence-corrected chi connectivity index (χ1v) is 9.05. The molecule has 1 amide bonds. The lowest BCUT2D eigenvalue weighted by Gasteiger charge is -2.09. The number of nitrogens with zero attached hydrogens (tertiary/aromatic N) is 1. The normalized spacial score (nSPS) is 10.2. The maximum absolute atomic E-state index is 12.2. The van der Waals surface area contributed by atoms with Gasteiger partial charge in [0.15, 0.2) is 0 Å². The summed E-state index contributed by atoms with van der Waals surface area (Å²) < 4.78 is 5.59. The predicted molar refractivity (Wildman–Crippen MR) is 111 cm³/mol. The Balaban J connectivity index is 1.46. The van der Waals surface area contributed by atoms with E-state index in [4.69, 9.17) is 22.2 Å². The molecule has 0 saturated heterocycles. The molecule has 0 aliphatic carbocycles. The van der Waals surface area contributed by atoms with Gasteiger partial charge in [0.25, 0.3) is 5.91 Å². The first-order valence-electron chi connectivity index (χ1n) is 8.64. The maximum Gasteiger partial charge on any atom is 0.251 e. The van der Waals surface area contributed by atoms with Gasteiger partial charge in [-0.3, -0.25) is 20.5 Å². The van der Waals surface area contributed by atoms with E-state index in [2.05, 4.69) is 10.3 Å². The highest BCUT2D eigenvalue weighted by Gasteiger charge is 2.06. The fraction of sp³-hybridized carbons (Fsp3) is 0.0952. The van der Waals surface area contributed by atoms with Gasteiger partial charge in [0, 0.05) is 22.9 Å². The molecule has 0 aliphatic rings. The third-order valence-corrected chi connectivity index (χ3v) is 4.31. The molecular formula is C21H19N3O3S. The van der Waals surface area contributed by atoms with E-state index in [1.165, 1.54) is 0 Å². The van der Waals surface area contributed by atoms with Crippen LogP contribution in [-0.2, 0) is 0 Å². The van der Waals surface area contributed by atoms with E-state index >= 15 is 0 Å². The molecule has 0 saturated carbocycles. The summed E-state index contributed by atoms with van der Waals surface area (Å²) in [6.45, 7) is 0.707. The number of ether oxygens (including phenoxy) is 1. The zero-order valence-corrected chi connectivity index (χ0v) is 15.8. The van der Waals surface area contributed by atoms with Gasteiger partial charge in [-0.25, -0.2) is 0 Å². The summed E-state index contributed by atoms with van der Waals surface area (Å²) in [7, 11) is 0.